The van der Waals surface area contributed by atoms with Gasteiger partial charge < -0.3 is 5.11 Å². The number of halogens is 2. The lowest BCUT2D eigenvalue weighted by atomic mass is 10.2. The fraction of sp³-hybridized carbons (Fsp3) is 0.100. The molecular formula is C10H7BrFNO. The van der Waals surface area contributed by atoms with E-state index in [9.17, 15) is 9.50 Å². The minimum absolute atomic E-state index is 0.0584. The summed E-state index contributed by atoms with van der Waals surface area (Å²) in [5, 5.41) is 10.1. The van der Waals surface area contributed by atoms with Gasteiger partial charge in [0, 0.05) is 5.39 Å². The first-order valence-electron chi connectivity index (χ1n) is 4.04. The van der Waals surface area contributed by atoms with Gasteiger partial charge in [-0.2, -0.15) is 0 Å². The summed E-state index contributed by atoms with van der Waals surface area (Å²) in [5.41, 5.74) is 1.18. The predicted molar refractivity (Wildman–Crippen MR) is 55.8 cm³/mol. The summed E-state index contributed by atoms with van der Waals surface area (Å²) in [5.74, 6) is -0.286. The molecule has 0 spiro atoms. The molecule has 0 aliphatic heterocycles. The molecule has 1 aromatic carbocycles. The normalized spacial score (nSPS) is 10.8. The fourth-order valence-corrected chi connectivity index (χ4v) is 1.91. The number of benzene rings is 1. The first kappa shape index (κ1) is 9.40. The van der Waals surface area contributed by atoms with Gasteiger partial charge in [-0.05, 0) is 41.1 Å². The Labute approximate surface area is 88.5 Å². The van der Waals surface area contributed by atoms with Crippen LogP contribution in [-0.4, -0.2) is 10.1 Å². The number of aryl methyl sites for hydroxylation is 1. The van der Waals surface area contributed by atoms with Gasteiger partial charge in [0.2, 0.25) is 0 Å². The van der Waals surface area contributed by atoms with Gasteiger partial charge in [-0.15, -0.1) is 0 Å². The highest BCUT2D eigenvalue weighted by atomic mass is 79.9. The molecule has 1 N–H and O–H groups in total. The third kappa shape index (κ3) is 1.35. The molecule has 0 atom stereocenters. The van der Waals surface area contributed by atoms with Crippen molar-refractivity contribution in [2.24, 2.45) is 0 Å². The van der Waals surface area contributed by atoms with E-state index in [0.717, 1.165) is 0 Å². The highest BCUT2D eigenvalue weighted by molar-refractivity contribution is 9.10. The average molecular weight is 256 g/mol. The Morgan fingerprint density at radius 3 is 2.86 bits per heavy atom. The summed E-state index contributed by atoms with van der Waals surface area (Å²) < 4.78 is 13.4. The highest BCUT2D eigenvalue weighted by Gasteiger charge is 2.09. The Morgan fingerprint density at radius 1 is 1.43 bits per heavy atom. The van der Waals surface area contributed by atoms with Gasteiger partial charge in [0.15, 0.2) is 5.75 Å². The Hall–Kier alpha value is -1.16. The van der Waals surface area contributed by atoms with Crippen LogP contribution in [0.15, 0.2) is 22.7 Å². The number of rotatable bonds is 0. The van der Waals surface area contributed by atoms with Gasteiger partial charge in [-0.1, -0.05) is 0 Å². The summed E-state index contributed by atoms with van der Waals surface area (Å²) >= 11 is 3.21. The molecule has 0 fully saturated rings. The molecule has 72 valence electrons. The van der Waals surface area contributed by atoms with E-state index in [-0.39, 0.29) is 11.6 Å². The van der Waals surface area contributed by atoms with Gasteiger partial charge in [0.1, 0.15) is 5.82 Å². The zero-order valence-electron chi connectivity index (χ0n) is 7.38. The first-order valence-corrected chi connectivity index (χ1v) is 4.83. The van der Waals surface area contributed by atoms with Crippen molar-refractivity contribution in [2.45, 2.75) is 6.92 Å². The topological polar surface area (TPSA) is 33.1 Å². The van der Waals surface area contributed by atoms with E-state index in [4.69, 9.17) is 0 Å². The molecular weight excluding hydrogens is 249 g/mol. The minimum Gasteiger partial charge on any atom is -0.505 e. The molecule has 14 heavy (non-hydrogen) atoms. The second-order valence-corrected chi connectivity index (χ2v) is 3.81. The highest BCUT2D eigenvalue weighted by Crippen LogP contribution is 2.33. The quantitative estimate of drug-likeness (QED) is 0.785. The van der Waals surface area contributed by atoms with Crippen LogP contribution < -0.4 is 0 Å². The maximum atomic E-state index is 12.9. The van der Waals surface area contributed by atoms with Crippen molar-refractivity contribution in [3.05, 3.63) is 34.2 Å². The van der Waals surface area contributed by atoms with Gasteiger partial charge in [-0.25, -0.2) is 9.37 Å². The molecule has 0 amide bonds. The van der Waals surface area contributed by atoms with E-state index >= 15 is 0 Å². The number of pyridine rings is 1. The molecule has 0 saturated carbocycles. The Morgan fingerprint density at radius 2 is 2.14 bits per heavy atom. The van der Waals surface area contributed by atoms with Crippen molar-refractivity contribution >= 4 is 26.8 Å². The summed E-state index contributed by atoms with van der Waals surface area (Å²) in [6, 6.07) is 4.27. The second kappa shape index (κ2) is 3.20. The van der Waals surface area contributed by atoms with Crippen LogP contribution in [-0.2, 0) is 0 Å². The summed E-state index contributed by atoms with van der Waals surface area (Å²) in [6.07, 6.45) is 0. The fourth-order valence-electron chi connectivity index (χ4n) is 1.30. The second-order valence-electron chi connectivity index (χ2n) is 3.02. The lowest BCUT2D eigenvalue weighted by molar-refractivity contribution is 0.465. The monoisotopic (exact) mass is 255 g/mol. The molecule has 2 aromatic rings. The Balaban J connectivity index is 2.92. The minimum atomic E-state index is -0.344. The summed E-state index contributed by atoms with van der Waals surface area (Å²) in [7, 11) is 0. The largest absolute Gasteiger partial charge is 0.505 e. The molecule has 0 aliphatic carbocycles. The van der Waals surface area contributed by atoms with Crippen molar-refractivity contribution in [3.8, 4) is 5.75 Å². The van der Waals surface area contributed by atoms with Crippen molar-refractivity contribution < 1.29 is 9.50 Å². The third-order valence-electron chi connectivity index (χ3n) is 2.03. The van der Waals surface area contributed by atoms with Gasteiger partial charge in [-0.3, -0.25) is 0 Å². The van der Waals surface area contributed by atoms with Crippen molar-refractivity contribution in [1.29, 1.82) is 0 Å². The standard InChI is InChI=1S/C10H7BrFNO/c1-5-10(14)9(11)7-4-6(12)2-3-8(7)13-5/h2-4,14H,1H3. The maximum absolute atomic E-state index is 12.9. The molecule has 2 nitrogen and oxygen atoms in total. The van der Waals surface area contributed by atoms with Crippen LogP contribution in [0.4, 0.5) is 4.39 Å². The van der Waals surface area contributed by atoms with Crippen LogP contribution in [0.3, 0.4) is 0 Å². The molecule has 0 aliphatic rings. The zero-order chi connectivity index (χ0) is 10.3. The Bertz CT molecular complexity index is 513. The van der Waals surface area contributed by atoms with Crippen LogP contribution in [0.2, 0.25) is 0 Å². The summed E-state index contributed by atoms with van der Waals surface area (Å²) in [6.45, 7) is 1.70. The molecule has 4 heteroatoms. The molecule has 1 heterocycles. The van der Waals surface area contributed by atoms with Gasteiger partial charge in [0.25, 0.3) is 0 Å². The molecule has 1 aromatic heterocycles. The maximum Gasteiger partial charge on any atom is 0.151 e. The molecule has 0 unspecified atom stereocenters. The number of nitrogens with zero attached hydrogens (tertiary/aromatic N) is 1. The van der Waals surface area contributed by atoms with E-state index in [2.05, 4.69) is 20.9 Å². The number of aromatic hydroxyl groups is 1. The van der Waals surface area contributed by atoms with Crippen LogP contribution >= 0.6 is 15.9 Å². The van der Waals surface area contributed by atoms with Crippen molar-refractivity contribution in [3.63, 3.8) is 0 Å². The van der Waals surface area contributed by atoms with Crippen LogP contribution in [0.1, 0.15) is 5.69 Å². The van der Waals surface area contributed by atoms with Gasteiger partial charge >= 0.3 is 0 Å². The number of aromatic nitrogens is 1. The number of hydrogen-bond donors (Lipinski definition) is 1. The lowest BCUT2D eigenvalue weighted by Gasteiger charge is -2.05. The molecule has 0 saturated heterocycles. The molecule has 0 radical (unpaired) electrons. The van der Waals surface area contributed by atoms with Crippen molar-refractivity contribution in [1.82, 2.24) is 4.98 Å². The van der Waals surface area contributed by atoms with E-state index < -0.39 is 0 Å². The third-order valence-corrected chi connectivity index (χ3v) is 2.84. The van der Waals surface area contributed by atoms with Crippen molar-refractivity contribution in [2.75, 3.05) is 0 Å². The predicted octanol–water partition coefficient (Wildman–Crippen LogP) is 3.15. The van der Waals surface area contributed by atoms with E-state index in [0.29, 0.717) is 21.1 Å². The zero-order valence-corrected chi connectivity index (χ0v) is 8.97. The average Bonchev–Trinajstić information content (AvgIpc) is 2.16. The molecule has 0 bridgehead atoms. The van der Waals surface area contributed by atoms with Crippen LogP contribution in [0.5, 0.6) is 5.75 Å². The molecule has 2 rings (SSSR count). The van der Waals surface area contributed by atoms with E-state index in [1.165, 1.54) is 12.1 Å². The first-order chi connectivity index (χ1) is 6.59. The number of hydrogen-bond acceptors (Lipinski definition) is 2. The van der Waals surface area contributed by atoms with E-state index in [1.807, 2.05) is 0 Å². The van der Waals surface area contributed by atoms with Crippen LogP contribution in [0.25, 0.3) is 10.9 Å². The lowest BCUT2D eigenvalue weighted by Crippen LogP contribution is -1.87. The summed E-state index contributed by atoms with van der Waals surface area (Å²) in [4.78, 5) is 4.13. The van der Waals surface area contributed by atoms with Gasteiger partial charge in [0.05, 0.1) is 15.7 Å². The Kier molecular flexibility index (Phi) is 2.15. The number of fused-ring (bicyclic) bond motifs is 1. The van der Waals surface area contributed by atoms with Crippen LogP contribution in [0, 0.1) is 12.7 Å². The SMILES string of the molecule is Cc1nc2ccc(F)cc2c(Br)c1O. The smallest absolute Gasteiger partial charge is 0.151 e. The van der Waals surface area contributed by atoms with E-state index in [1.54, 1.807) is 13.0 Å².